The van der Waals surface area contributed by atoms with Gasteiger partial charge < -0.3 is 15.0 Å². The molecule has 1 rings (SSSR count). The van der Waals surface area contributed by atoms with E-state index in [1.54, 1.807) is 18.9 Å². The number of carbonyl (C=O) groups is 2. The minimum atomic E-state index is -0.819. The zero-order valence-electron chi connectivity index (χ0n) is 13.7. The van der Waals surface area contributed by atoms with E-state index in [4.69, 9.17) is 4.74 Å². The minimum absolute atomic E-state index is 0.0240. The molecule has 1 fully saturated rings. The summed E-state index contributed by atoms with van der Waals surface area (Å²) in [7, 11) is 1.61. The average molecular weight is 284 g/mol. The lowest BCUT2D eigenvalue weighted by Crippen LogP contribution is -2.73. The Morgan fingerprint density at radius 3 is 2.35 bits per heavy atom. The maximum Gasteiger partial charge on any atom is 0.249 e. The highest BCUT2D eigenvalue weighted by Crippen LogP contribution is 2.33. The highest BCUT2D eigenvalue weighted by Gasteiger charge is 2.52. The van der Waals surface area contributed by atoms with Gasteiger partial charge in [-0.3, -0.25) is 9.59 Å². The molecule has 0 aromatic rings. The van der Waals surface area contributed by atoms with Crippen LogP contribution in [0.3, 0.4) is 0 Å². The monoisotopic (exact) mass is 284 g/mol. The molecular formula is C15H28N2O3. The van der Waals surface area contributed by atoms with Crippen molar-refractivity contribution in [3.05, 3.63) is 0 Å². The quantitative estimate of drug-likeness (QED) is 0.852. The first kappa shape index (κ1) is 17.0. The van der Waals surface area contributed by atoms with Gasteiger partial charge in [0.25, 0.3) is 0 Å². The molecule has 1 aliphatic rings. The number of piperazine rings is 1. The number of amides is 2. The molecule has 1 aliphatic heterocycles. The number of hydrogen-bond donors (Lipinski definition) is 1. The van der Waals surface area contributed by atoms with E-state index in [-0.39, 0.29) is 23.3 Å². The molecule has 0 aromatic carbocycles. The molecule has 3 atom stereocenters. The van der Waals surface area contributed by atoms with Gasteiger partial charge in [0.05, 0.1) is 12.6 Å². The fourth-order valence-corrected chi connectivity index (χ4v) is 2.75. The molecule has 0 saturated carbocycles. The molecule has 3 unspecified atom stereocenters. The van der Waals surface area contributed by atoms with Crippen LogP contribution in [0.4, 0.5) is 0 Å². The lowest BCUT2D eigenvalue weighted by molar-refractivity contribution is -0.163. The van der Waals surface area contributed by atoms with Crippen LogP contribution in [0.2, 0.25) is 0 Å². The third kappa shape index (κ3) is 2.97. The van der Waals surface area contributed by atoms with Crippen LogP contribution in [0, 0.1) is 5.41 Å². The van der Waals surface area contributed by atoms with E-state index in [0.717, 1.165) is 0 Å². The molecule has 1 N–H and O–H groups in total. The number of hydrogen-bond acceptors (Lipinski definition) is 3. The molecule has 5 heteroatoms. The van der Waals surface area contributed by atoms with Crippen LogP contribution in [-0.4, -0.2) is 48.1 Å². The summed E-state index contributed by atoms with van der Waals surface area (Å²) in [6, 6.07) is -0.603. The number of methoxy groups -OCH3 is 1. The van der Waals surface area contributed by atoms with Gasteiger partial charge >= 0.3 is 0 Å². The molecule has 0 bridgehead atoms. The average Bonchev–Trinajstić information content (AvgIpc) is 2.32. The van der Waals surface area contributed by atoms with E-state index in [9.17, 15) is 9.59 Å². The third-order valence-corrected chi connectivity index (χ3v) is 4.04. The molecule has 5 nitrogen and oxygen atoms in total. The Balaban J connectivity index is 3.24. The molecule has 2 amide bonds. The topological polar surface area (TPSA) is 58.6 Å². The van der Waals surface area contributed by atoms with Crippen molar-refractivity contribution in [1.82, 2.24) is 10.2 Å². The van der Waals surface area contributed by atoms with Crippen LogP contribution in [0.25, 0.3) is 0 Å². The van der Waals surface area contributed by atoms with Crippen molar-refractivity contribution < 1.29 is 14.3 Å². The summed E-state index contributed by atoms with van der Waals surface area (Å²) in [5.74, 6) is -0.103. The molecule has 1 saturated heterocycles. The van der Waals surface area contributed by atoms with Crippen LogP contribution in [0.5, 0.6) is 0 Å². The van der Waals surface area contributed by atoms with E-state index in [2.05, 4.69) is 5.32 Å². The van der Waals surface area contributed by atoms with Crippen LogP contribution < -0.4 is 5.32 Å². The van der Waals surface area contributed by atoms with Crippen molar-refractivity contribution in [2.24, 2.45) is 5.41 Å². The molecular weight excluding hydrogens is 256 g/mol. The Kier molecular flexibility index (Phi) is 4.85. The fourth-order valence-electron chi connectivity index (χ4n) is 2.75. The molecule has 20 heavy (non-hydrogen) atoms. The second-order valence-corrected chi connectivity index (χ2v) is 6.96. The lowest BCUT2D eigenvalue weighted by atomic mass is 9.79. The minimum Gasteiger partial charge on any atom is -0.383 e. The molecule has 0 aliphatic carbocycles. The Labute approximate surface area is 122 Å². The van der Waals surface area contributed by atoms with Crippen LogP contribution in [0.15, 0.2) is 0 Å². The van der Waals surface area contributed by atoms with E-state index < -0.39 is 11.6 Å². The maximum absolute atomic E-state index is 12.9. The Hall–Kier alpha value is -1.10. The van der Waals surface area contributed by atoms with Gasteiger partial charge in [0, 0.05) is 7.11 Å². The van der Waals surface area contributed by atoms with Gasteiger partial charge in [0.15, 0.2) is 0 Å². The number of nitrogens with zero attached hydrogens (tertiary/aromatic N) is 1. The predicted molar refractivity (Wildman–Crippen MR) is 78.3 cm³/mol. The first-order valence-electron chi connectivity index (χ1n) is 7.22. The summed E-state index contributed by atoms with van der Waals surface area (Å²) in [5.41, 5.74) is -1.14. The predicted octanol–water partition coefficient (Wildman–Crippen LogP) is 1.56. The standard InChI is InChI=1S/C15H28N2O3/c1-8-15(6)13(19)17(10(2)9-20-7)11(12(18)16-15)14(3,4)5/h10-11H,8-9H2,1-7H3,(H,16,18). The molecule has 0 aromatic heterocycles. The van der Waals surface area contributed by atoms with Gasteiger partial charge in [-0.1, -0.05) is 27.7 Å². The van der Waals surface area contributed by atoms with Crippen LogP contribution in [0.1, 0.15) is 48.0 Å². The fraction of sp³-hybridized carbons (Fsp3) is 0.867. The summed E-state index contributed by atoms with van der Waals surface area (Å²) in [4.78, 5) is 27.1. The van der Waals surface area contributed by atoms with Crippen LogP contribution >= 0.6 is 0 Å². The molecule has 116 valence electrons. The zero-order valence-corrected chi connectivity index (χ0v) is 13.7. The SMILES string of the molecule is CCC1(C)NC(=O)C(C(C)(C)C)N(C(C)COC)C1=O. The second kappa shape index (κ2) is 5.72. The Morgan fingerprint density at radius 2 is 1.95 bits per heavy atom. The zero-order chi connectivity index (χ0) is 15.7. The van der Waals surface area contributed by atoms with E-state index in [1.807, 2.05) is 34.6 Å². The smallest absolute Gasteiger partial charge is 0.249 e. The van der Waals surface area contributed by atoms with Crippen molar-refractivity contribution in [2.75, 3.05) is 13.7 Å². The Morgan fingerprint density at radius 1 is 1.40 bits per heavy atom. The third-order valence-electron chi connectivity index (χ3n) is 4.04. The van der Waals surface area contributed by atoms with E-state index in [1.165, 1.54) is 0 Å². The van der Waals surface area contributed by atoms with Gasteiger partial charge in [-0.15, -0.1) is 0 Å². The van der Waals surface area contributed by atoms with Gasteiger partial charge in [-0.05, 0) is 25.7 Å². The van der Waals surface area contributed by atoms with Gasteiger partial charge in [0.2, 0.25) is 11.8 Å². The maximum atomic E-state index is 12.9. The highest BCUT2D eigenvalue weighted by atomic mass is 16.5. The van der Waals surface area contributed by atoms with Crippen molar-refractivity contribution in [1.29, 1.82) is 0 Å². The largest absolute Gasteiger partial charge is 0.383 e. The van der Waals surface area contributed by atoms with Gasteiger partial charge in [0.1, 0.15) is 11.6 Å². The summed E-state index contributed by atoms with van der Waals surface area (Å²) >= 11 is 0. The number of carbonyl (C=O) groups excluding carboxylic acids is 2. The second-order valence-electron chi connectivity index (χ2n) is 6.96. The summed E-state index contributed by atoms with van der Waals surface area (Å²) in [6.07, 6.45) is 0.574. The number of rotatable bonds is 4. The van der Waals surface area contributed by atoms with E-state index in [0.29, 0.717) is 13.0 Å². The highest BCUT2D eigenvalue weighted by molar-refractivity contribution is 6.00. The van der Waals surface area contributed by atoms with Crippen molar-refractivity contribution in [2.45, 2.75) is 65.6 Å². The Bertz CT molecular complexity index is 389. The van der Waals surface area contributed by atoms with E-state index >= 15 is 0 Å². The first-order valence-corrected chi connectivity index (χ1v) is 7.22. The summed E-state index contributed by atoms with van der Waals surface area (Å²) in [5, 5.41) is 2.90. The van der Waals surface area contributed by atoms with Gasteiger partial charge in [-0.25, -0.2) is 0 Å². The number of nitrogens with one attached hydrogen (secondary N) is 1. The first-order chi connectivity index (χ1) is 9.08. The lowest BCUT2D eigenvalue weighted by Gasteiger charge is -2.50. The molecule has 0 radical (unpaired) electrons. The van der Waals surface area contributed by atoms with Crippen molar-refractivity contribution in [3.8, 4) is 0 Å². The molecule has 1 heterocycles. The van der Waals surface area contributed by atoms with Crippen molar-refractivity contribution in [3.63, 3.8) is 0 Å². The van der Waals surface area contributed by atoms with Crippen LogP contribution in [-0.2, 0) is 14.3 Å². The summed E-state index contributed by atoms with van der Waals surface area (Å²) < 4.78 is 5.18. The number of ether oxygens (including phenoxy) is 1. The normalized spacial score (nSPS) is 29.4. The molecule has 0 spiro atoms. The van der Waals surface area contributed by atoms with Gasteiger partial charge in [-0.2, -0.15) is 0 Å². The summed E-state index contributed by atoms with van der Waals surface area (Å²) in [6.45, 7) is 12.0. The van der Waals surface area contributed by atoms with Crippen molar-refractivity contribution >= 4 is 11.8 Å².